The van der Waals surface area contributed by atoms with Gasteiger partial charge in [0.2, 0.25) is 10.0 Å². The van der Waals surface area contributed by atoms with E-state index in [4.69, 9.17) is 4.74 Å². The molecule has 7 heteroatoms. The largest absolute Gasteiger partial charge is 0.494 e. The molecule has 4 atom stereocenters. The molecule has 2 aromatic rings. The van der Waals surface area contributed by atoms with Gasteiger partial charge >= 0.3 is 0 Å². The number of ether oxygens (including phenoxy) is 1. The van der Waals surface area contributed by atoms with Crippen LogP contribution in [0, 0.1) is 17.8 Å². The Morgan fingerprint density at radius 2 is 1.77 bits per heavy atom. The van der Waals surface area contributed by atoms with Crippen LogP contribution >= 0.6 is 0 Å². The van der Waals surface area contributed by atoms with E-state index >= 15 is 0 Å². The number of hydrogen-bond donors (Lipinski definition) is 2. The van der Waals surface area contributed by atoms with Crippen LogP contribution in [-0.2, 0) is 10.0 Å². The third-order valence-electron chi connectivity index (χ3n) is 6.63. The van der Waals surface area contributed by atoms with Crippen molar-refractivity contribution in [2.24, 2.45) is 17.8 Å². The first-order valence-corrected chi connectivity index (χ1v) is 12.5. The summed E-state index contributed by atoms with van der Waals surface area (Å²) in [7, 11) is -3.60. The molecular formula is C24H30N2O4S. The van der Waals surface area contributed by atoms with Gasteiger partial charge in [0.1, 0.15) is 5.75 Å². The third kappa shape index (κ3) is 4.93. The summed E-state index contributed by atoms with van der Waals surface area (Å²) in [4.78, 5) is 12.6. The first-order chi connectivity index (χ1) is 14.9. The van der Waals surface area contributed by atoms with E-state index < -0.39 is 10.0 Å². The van der Waals surface area contributed by atoms with Gasteiger partial charge in [-0.1, -0.05) is 6.42 Å². The molecule has 2 N–H and O–H groups in total. The number of fused-ring (bicyclic) bond motifs is 2. The summed E-state index contributed by atoms with van der Waals surface area (Å²) in [6.45, 7) is 4.45. The van der Waals surface area contributed by atoms with Crippen LogP contribution in [0.25, 0.3) is 0 Å². The number of nitrogens with one attached hydrogen (secondary N) is 2. The summed E-state index contributed by atoms with van der Waals surface area (Å²) >= 11 is 0. The number of carbonyl (C=O) groups is 1. The molecule has 0 aromatic heterocycles. The van der Waals surface area contributed by atoms with Gasteiger partial charge in [-0.2, -0.15) is 0 Å². The zero-order valence-corrected chi connectivity index (χ0v) is 18.8. The van der Waals surface area contributed by atoms with E-state index in [-0.39, 0.29) is 16.8 Å². The van der Waals surface area contributed by atoms with Gasteiger partial charge in [-0.05, 0) is 99.4 Å². The van der Waals surface area contributed by atoms with E-state index in [2.05, 4.69) is 10.0 Å². The van der Waals surface area contributed by atoms with Crippen molar-refractivity contribution in [3.8, 4) is 5.75 Å². The van der Waals surface area contributed by atoms with Crippen molar-refractivity contribution < 1.29 is 17.9 Å². The van der Waals surface area contributed by atoms with Crippen LogP contribution in [0.4, 0.5) is 5.69 Å². The molecule has 4 rings (SSSR count). The highest BCUT2D eigenvalue weighted by atomic mass is 32.2. The molecule has 31 heavy (non-hydrogen) atoms. The van der Waals surface area contributed by atoms with Crippen molar-refractivity contribution in [1.82, 2.24) is 4.72 Å². The Kier molecular flexibility index (Phi) is 6.34. The van der Waals surface area contributed by atoms with Crippen LogP contribution < -0.4 is 14.8 Å². The van der Waals surface area contributed by atoms with Crippen molar-refractivity contribution in [3.05, 3.63) is 54.1 Å². The van der Waals surface area contributed by atoms with Crippen molar-refractivity contribution >= 4 is 21.6 Å². The van der Waals surface area contributed by atoms with E-state index in [9.17, 15) is 13.2 Å². The van der Waals surface area contributed by atoms with Crippen molar-refractivity contribution in [2.75, 3.05) is 11.9 Å². The third-order valence-corrected chi connectivity index (χ3v) is 8.20. The first-order valence-electron chi connectivity index (χ1n) is 11.0. The number of amides is 1. The fraction of sp³-hybridized carbons (Fsp3) is 0.458. The van der Waals surface area contributed by atoms with E-state index in [1.165, 1.54) is 31.4 Å². The van der Waals surface area contributed by atoms with Gasteiger partial charge in [-0.25, -0.2) is 13.1 Å². The molecule has 0 radical (unpaired) electrons. The van der Waals surface area contributed by atoms with E-state index in [1.54, 1.807) is 36.4 Å². The number of carbonyl (C=O) groups excluding carboxylic acids is 1. The van der Waals surface area contributed by atoms with E-state index in [0.717, 1.165) is 12.3 Å². The molecule has 2 aliphatic rings. The average Bonchev–Trinajstić information content (AvgIpc) is 3.38. The lowest BCUT2D eigenvalue weighted by molar-refractivity contribution is 0.102. The maximum absolute atomic E-state index is 12.8. The average molecular weight is 443 g/mol. The highest BCUT2D eigenvalue weighted by Crippen LogP contribution is 2.49. The minimum absolute atomic E-state index is 0.0701. The zero-order chi connectivity index (χ0) is 22.0. The Morgan fingerprint density at radius 1 is 1.06 bits per heavy atom. The Balaban J connectivity index is 1.37. The second-order valence-corrected chi connectivity index (χ2v) is 10.4. The predicted molar refractivity (Wildman–Crippen MR) is 121 cm³/mol. The molecule has 2 saturated carbocycles. The maximum atomic E-state index is 12.8. The number of anilines is 1. The predicted octanol–water partition coefficient (Wildman–Crippen LogP) is 4.44. The molecule has 2 aliphatic carbocycles. The minimum Gasteiger partial charge on any atom is -0.494 e. The molecule has 0 unspecified atom stereocenters. The Morgan fingerprint density at radius 3 is 2.35 bits per heavy atom. The molecule has 0 spiro atoms. The van der Waals surface area contributed by atoms with Gasteiger partial charge in [0.05, 0.1) is 11.5 Å². The fourth-order valence-electron chi connectivity index (χ4n) is 5.10. The van der Waals surface area contributed by atoms with Crippen molar-refractivity contribution in [3.63, 3.8) is 0 Å². The lowest BCUT2D eigenvalue weighted by Gasteiger charge is -2.28. The SMILES string of the molecule is CCOc1ccc(C(=O)Nc2ccc(S(=O)(=O)N[C@@H](C)[C@H]3C[C@H]4CC[C@H]3C4)cc2)cc1. The second kappa shape index (κ2) is 9.01. The summed E-state index contributed by atoms with van der Waals surface area (Å²) in [6, 6.07) is 13.1. The number of sulfonamides is 1. The lowest BCUT2D eigenvalue weighted by Crippen LogP contribution is -2.40. The summed E-state index contributed by atoms with van der Waals surface area (Å²) < 4.78 is 33.9. The van der Waals surface area contributed by atoms with Crippen LogP contribution in [0.3, 0.4) is 0 Å². The normalized spacial score (nSPS) is 23.5. The van der Waals surface area contributed by atoms with Crippen molar-refractivity contribution in [2.45, 2.75) is 50.5 Å². The van der Waals surface area contributed by atoms with Crippen LogP contribution in [0.5, 0.6) is 5.75 Å². The van der Waals surface area contributed by atoms with Gasteiger partial charge < -0.3 is 10.1 Å². The summed E-state index contributed by atoms with van der Waals surface area (Å²) in [5.41, 5.74) is 1.04. The maximum Gasteiger partial charge on any atom is 0.255 e. The Hall–Kier alpha value is -2.38. The molecule has 0 heterocycles. The topological polar surface area (TPSA) is 84.5 Å². The molecular weight excluding hydrogens is 412 g/mol. The molecule has 166 valence electrons. The van der Waals surface area contributed by atoms with Crippen LogP contribution in [0.1, 0.15) is 49.9 Å². The van der Waals surface area contributed by atoms with Gasteiger partial charge in [0.15, 0.2) is 0 Å². The van der Waals surface area contributed by atoms with E-state index in [1.807, 2.05) is 13.8 Å². The van der Waals surface area contributed by atoms with Gasteiger partial charge in [-0.15, -0.1) is 0 Å². The molecule has 2 aromatic carbocycles. The number of hydrogen-bond acceptors (Lipinski definition) is 4. The quantitative estimate of drug-likeness (QED) is 0.633. The number of rotatable bonds is 8. The summed E-state index contributed by atoms with van der Waals surface area (Å²) in [5.74, 6) is 2.31. The highest BCUT2D eigenvalue weighted by molar-refractivity contribution is 7.89. The molecule has 6 nitrogen and oxygen atoms in total. The zero-order valence-electron chi connectivity index (χ0n) is 18.0. The van der Waals surface area contributed by atoms with Crippen LogP contribution in [0.2, 0.25) is 0 Å². The summed E-state index contributed by atoms with van der Waals surface area (Å²) in [6.07, 6.45) is 4.90. The smallest absolute Gasteiger partial charge is 0.255 e. The van der Waals surface area contributed by atoms with Gasteiger partial charge in [0.25, 0.3) is 5.91 Å². The van der Waals surface area contributed by atoms with Gasteiger partial charge in [-0.3, -0.25) is 4.79 Å². The molecule has 2 bridgehead atoms. The van der Waals surface area contributed by atoms with Crippen LogP contribution in [-0.4, -0.2) is 27.0 Å². The molecule has 2 fully saturated rings. The van der Waals surface area contributed by atoms with Gasteiger partial charge in [0, 0.05) is 17.3 Å². The van der Waals surface area contributed by atoms with E-state index in [0.29, 0.717) is 35.4 Å². The summed E-state index contributed by atoms with van der Waals surface area (Å²) in [5, 5.41) is 2.80. The Bertz CT molecular complexity index is 1020. The fourth-order valence-corrected chi connectivity index (χ4v) is 6.39. The van der Waals surface area contributed by atoms with Crippen LogP contribution in [0.15, 0.2) is 53.4 Å². The molecule has 0 saturated heterocycles. The molecule has 1 amide bonds. The monoisotopic (exact) mass is 442 g/mol. The lowest BCUT2D eigenvalue weighted by atomic mass is 9.84. The minimum atomic E-state index is -3.60. The second-order valence-electron chi connectivity index (χ2n) is 8.68. The highest BCUT2D eigenvalue weighted by Gasteiger charge is 2.42. The standard InChI is InChI=1S/C24H30N2O4S/c1-3-30-21-10-6-18(7-11-21)24(27)25-20-8-12-22(13-9-20)31(28,29)26-16(2)23-15-17-4-5-19(23)14-17/h6-13,16-17,19,23,26H,3-5,14-15H2,1-2H3,(H,25,27)/t16-,17-,19-,23+/m0/s1. The first kappa shape index (κ1) is 21.8. The van der Waals surface area contributed by atoms with Crippen molar-refractivity contribution in [1.29, 1.82) is 0 Å². The Labute approximate surface area is 184 Å². The molecule has 0 aliphatic heterocycles. The number of benzene rings is 2.